The van der Waals surface area contributed by atoms with Crippen molar-refractivity contribution in [2.45, 2.75) is 63.6 Å². The highest BCUT2D eigenvalue weighted by atomic mass is 19.3. The Morgan fingerprint density at radius 1 is 1.22 bits per heavy atom. The van der Waals surface area contributed by atoms with E-state index in [-0.39, 0.29) is 23.8 Å². The van der Waals surface area contributed by atoms with Crippen LogP contribution in [-0.4, -0.2) is 56.4 Å². The summed E-state index contributed by atoms with van der Waals surface area (Å²) in [4.78, 5) is 24.6. The van der Waals surface area contributed by atoms with Crippen LogP contribution in [0.25, 0.3) is 5.52 Å². The van der Waals surface area contributed by atoms with Gasteiger partial charge in [0.15, 0.2) is 0 Å². The van der Waals surface area contributed by atoms with Crippen LogP contribution in [0.2, 0.25) is 0 Å². The number of fused-ring (bicyclic) bond motifs is 1. The largest absolute Gasteiger partial charge is 0.486 e. The molecule has 0 unspecified atom stereocenters. The van der Waals surface area contributed by atoms with Gasteiger partial charge < -0.3 is 20.5 Å². The van der Waals surface area contributed by atoms with Crippen molar-refractivity contribution < 1.29 is 27.8 Å². The van der Waals surface area contributed by atoms with Gasteiger partial charge in [0.05, 0.1) is 29.5 Å². The summed E-state index contributed by atoms with van der Waals surface area (Å²) in [6, 6.07) is 3.40. The Kier molecular flexibility index (Phi) is 6.50. The second kappa shape index (κ2) is 9.75. The van der Waals surface area contributed by atoms with E-state index in [9.17, 15) is 18.4 Å². The van der Waals surface area contributed by atoms with Crippen molar-refractivity contribution in [3.05, 3.63) is 41.9 Å². The number of ether oxygens (including phenoxy) is 2. The second-order valence-electron chi connectivity index (χ2n) is 9.57. The topological polar surface area (TPSA) is 126 Å². The summed E-state index contributed by atoms with van der Waals surface area (Å²) in [5.41, 5.74) is 6.73. The van der Waals surface area contributed by atoms with Crippen molar-refractivity contribution in [2.24, 2.45) is 11.7 Å². The molecular formula is C24H28F2N6O4. The molecule has 5 rings (SSSR count). The highest BCUT2D eigenvalue weighted by molar-refractivity contribution is 6.00. The smallest absolute Gasteiger partial charge is 0.272 e. The number of alkyl halides is 2. The number of carbonyl (C=O) groups excluding carboxylic acids is 2. The lowest BCUT2D eigenvalue weighted by atomic mass is 9.78. The minimum Gasteiger partial charge on any atom is -0.486 e. The van der Waals surface area contributed by atoms with Gasteiger partial charge in [0.1, 0.15) is 24.0 Å². The molecule has 2 aliphatic carbocycles. The lowest BCUT2D eigenvalue weighted by Gasteiger charge is -2.36. The number of nitrogens with zero attached hydrogens (tertiary/aromatic N) is 4. The van der Waals surface area contributed by atoms with Crippen molar-refractivity contribution in [3.8, 4) is 11.6 Å². The number of amides is 2. The summed E-state index contributed by atoms with van der Waals surface area (Å²) in [5.74, 6) is 0.105. The molecule has 0 saturated heterocycles. The predicted octanol–water partition coefficient (Wildman–Crippen LogP) is 2.97. The van der Waals surface area contributed by atoms with Crippen LogP contribution in [-0.2, 0) is 0 Å². The molecule has 0 aromatic carbocycles. The van der Waals surface area contributed by atoms with Crippen LogP contribution in [0.3, 0.4) is 0 Å². The number of nitrogens with one attached hydrogen (secondary N) is 1. The third-order valence-corrected chi connectivity index (χ3v) is 6.53. The molecule has 0 radical (unpaired) electrons. The molecule has 3 heterocycles. The highest BCUT2D eigenvalue weighted by Crippen LogP contribution is 2.38. The number of hydrogen-bond donors (Lipinski definition) is 2. The molecule has 0 bridgehead atoms. The van der Waals surface area contributed by atoms with Crippen LogP contribution in [0.1, 0.15) is 65.8 Å². The molecule has 2 saturated carbocycles. The molecule has 12 heteroatoms. The van der Waals surface area contributed by atoms with E-state index < -0.39 is 18.9 Å². The lowest BCUT2D eigenvalue weighted by Crippen LogP contribution is -2.40. The van der Waals surface area contributed by atoms with Crippen molar-refractivity contribution in [2.75, 3.05) is 6.61 Å². The quantitative estimate of drug-likeness (QED) is 0.415. The average molecular weight is 503 g/mol. The molecule has 192 valence electrons. The molecule has 1 atom stereocenters. The number of aromatic nitrogens is 4. The van der Waals surface area contributed by atoms with Crippen LogP contribution in [0, 0.1) is 5.92 Å². The van der Waals surface area contributed by atoms with Gasteiger partial charge in [0.25, 0.3) is 18.2 Å². The molecular weight excluding hydrogens is 474 g/mol. The maximum Gasteiger partial charge on any atom is 0.272 e. The Labute approximate surface area is 205 Å². The summed E-state index contributed by atoms with van der Waals surface area (Å²) >= 11 is 0. The minimum atomic E-state index is -2.57. The molecule has 3 N–H and O–H groups in total. The van der Waals surface area contributed by atoms with Gasteiger partial charge in [-0.25, -0.2) is 13.3 Å². The number of carbonyl (C=O) groups is 2. The molecule has 0 spiro atoms. The maximum atomic E-state index is 12.8. The average Bonchev–Trinajstić information content (AvgIpc) is 3.42. The van der Waals surface area contributed by atoms with Gasteiger partial charge in [-0.1, -0.05) is 0 Å². The van der Waals surface area contributed by atoms with E-state index in [1.165, 1.54) is 23.0 Å². The summed E-state index contributed by atoms with van der Waals surface area (Å²) in [7, 11) is 0. The van der Waals surface area contributed by atoms with E-state index in [0.717, 1.165) is 32.1 Å². The van der Waals surface area contributed by atoms with Crippen molar-refractivity contribution >= 4 is 17.3 Å². The van der Waals surface area contributed by atoms with Gasteiger partial charge in [0, 0.05) is 12.2 Å². The van der Waals surface area contributed by atoms with Gasteiger partial charge >= 0.3 is 0 Å². The van der Waals surface area contributed by atoms with Crippen LogP contribution in [0.15, 0.2) is 30.7 Å². The van der Waals surface area contributed by atoms with Gasteiger partial charge in [-0.05, 0) is 57.1 Å². The number of nitrogens with two attached hydrogens (primary N) is 1. The zero-order valence-corrected chi connectivity index (χ0v) is 19.8. The third-order valence-electron chi connectivity index (χ3n) is 6.53. The second-order valence-corrected chi connectivity index (χ2v) is 9.57. The fourth-order valence-electron chi connectivity index (χ4n) is 4.52. The van der Waals surface area contributed by atoms with E-state index in [2.05, 4.69) is 15.5 Å². The summed E-state index contributed by atoms with van der Waals surface area (Å²) in [5, 5.41) is 11.5. The van der Waals surface area contributed by atoms with Gasteiger partial charge in [-0.3, -0.25) is 14.3 Å². The van der Waals surface area contributed by atoms with E-state index in [1.54, 1.807) is 16.9 Å². The van der Waals surface area contributed by atoms with E-state index >= 15 is 0 Å². The normalized spacial score (nSPS) is 20.2. The minimum absolute atomic E-state index is 0.0420. The first-order valence-electron chi connectivity index (χ1n) is 12.0. The first kappa shape index (κ1) is 24.0. The number of pyridine rings is 1. The Morgan fingerprint density at radius 3 is 2.69 bits per heavy atom. The molecule has 10 nitrogen and oxygen atoms in total. The first-order chi connectivity index (χ1) is 17.3. The van der Waals surface area contributed by atoms with E-state index in [0.29, 0.717) is 34.5 Å². The molecule has 3 aromatic heterocycles. The number of halogens is 2. The standard InChI is InChI=1S/C24H28F2N6O4/c1-13(29-23(34)18-9-28-32-10-16(4-5-20(18)32)35-12-21(25)26)6-14-7-17(8-14)36-24-19(22(27)33)11-31(30-24)15-2-3-15/h4-5,9-11,13-15,17,21H,2-3,6-8,12H2,1H3,(H2,27,33)(H,29,34)/t13-,14?,17?/m0/s1. The van der Waals surface area contributed by atoms with Gasteiger partial charge in [0.2, 0.25) is 5.88 Å². The molecule has 2 aliphatic rings. The third kappa shape index (κ3) is 5.26. The first-order valence-corrected chi connectivity index (χ1v) is 12.0. The molecule has 2 fully saturated rings. The summed E-state index contributed by atoms with van der Waals surface area (Å²) in [6.45, 7) is 1.23. The van der Waals surface area contributed by atoms with Crippen LogP contribution in [0.5, 0.6) is 11.6 Å². The van der Waals surface area contributed by atoms with Crippen molar-refractivity contribution in [1.82, 2.24) is 24.7 Å². The van der Waals surface area contributed by atoms with Crippen molar-refractivity contribution in [1.29, 1.82) is 0 Å². The summed E-state index contributed by atoms with van der Waals surface area (Å²) in [6.07, 6.45) is 6.41. The fraction of sp³-hybridized carbons (Fsp3) is 0.500. The van der Waals surface area contributed by atoms with Crippen molar-refractivity contribution in [3.63, 3.8) is 0 Å². The van der Waals surface area contributed by atoms with E-state index in [1.807, 2.05) is 6.92 Å². The zero-order valence-electron chi connectivity index (χ0n) is 19.8. The predicted molar refractivity (Wildman–Crippen MR) is 124 cm³/mol. The fourth-order valence-corrected chi connectivity index (χ4v) is 4.52. The molecule has 0 aliphatic heterocycles. The van der Waals surface area contributed by atoms with Gasteiger partial charge in [-0.2, -0.15) is 5.10 Å². The lowest BCUT2D eigenvalue weighted by molar-refractivity contribution is 0.0504. The number of rotatable bonds is 11. The monoisotopic (exact) mass is 502 g/mol. The molecule has 36 heavy (non-hydrogen) atoms. The van der Waals surface area contributed by atoms with Gasteiger partial charge in [-0.15, -0.1) is 5.10 Å². The number of hydrogen-bond acceptors (Lipinski definition) is 6. The Morgan fingerprint density at radius 2 is 2.00 bits per heavy atom. The highest BCUT2D eigenvalue weighted by Gasteiger charge is 2.35. The van der Waals surface area contributed by atoms with Crippen LogP contribution < -0.4 is 20.5 Å². The Hall–Kier alpha value is -3.70. The molecule has 3 aromatic rings. The summed E-state index contributed by atoms with van der Waals surface area (Å²) < 4.78 is 38.9. The van der Waals surface area contributed by atoms with Crippen LogP contribution in [0.4, 0.5) is 8.78 Å². The van der Waals surface area contributed by atoms with Crippen LogP contribution >= 0.6 is 0 Å². The Balaban J connectivity index is 1.11. The van der Waals surface area contributed by atoms with E-state index in [4.69, 9.17) is 15.2 Å². The maximum absolute atomic E-state index is 12.8. The Bertz CT molecular complexity index is 1260. The zero-order chi connectivity index (χ0) is 25.4. The molecule has 2 amide bonds. The SMILES string of the molecule is C[C@@H](CC1CC(Oc2nn(C3CC3)cc2C(N)=O)C1)NC(=O)c1cnn2cc(OCC(F)F)ccc12. The number of primary amides is 1.